The molecule has 24 heavy (non-hydrogen) atoms. The van der Waals surface area contributed by atoms with Crippen LogP contribution in [0, 0.1) is 0 Å². The van der Waals surface area contributed by atoms with E-state index in [0.717, 1.165) is 12.4 Å². The van der Waals surface area contributed by atoms with E-state index in [4.69, 9.17) is 23.2 Å². The molecule has 1 atom stereocenters. The Bertz CT molecular complexity index is 811. The van der Waals surface area contributed by atoms with E-state index in [9.17, 15) is 8.42 Å². The summed E-state index contributed by atoms with van der Waals surface area (Å²) >= 11 is 12.1. The smallest absolute Gasteiger partial charge is 0.244 e. The van der Waals surface area contributed by atoms with Crippen LogP contribution in [0.3, 0.4) is 0 Å². The Hall–Kier alpha value is -1.12. The van der Waals surface area contributed by atoms with Crippen LogP contribution in [0.5, 0.6) is 0 Å². The lowest BCUT2D eigenvalue weighted by Gasteiger charge is -2.39. The number of H-pyrrole nitrogens is 1. The molecule has 1 aromatic carbocycles. The Labute approximate surface area is 151 Å². The van der Waals surface area contributed by atoms with Crippen LogP contribution in [0.2, 0.25) is 10.0 Å². The number of sulfonamides is 1. The van der Waals surface area contributed by atoms with Gasteiger partial charge in [0.1, 0.15) is 10.7 Å². The number of rotatable bonds is 4. The summed E-state index contributed by atoms with van der Waals surface area (Å²) in [5.41, 5.74) is 0. The molecule has 0 aliphatic carbocycles. The van der Waals surface area contributed by atoms with Gasteiger partial charge in [-0.2, -0.15) is 4.31 Å². The second kappa shape index (κ2) is 7.01. The van der Waals surface area contributed by atoms with Gasteiger partial charge < -0.3 is 4.98 Å². The lowest BCUT2D eigenvalue weighted by Crippen LogP contribution is -2.50. The fourth-order valence-corrected chi connectivity index (χ4v) is 5.10. The van der Waals surface area contributed by atoms with Crippen molar-refractivity contribution >= 4 is 33.2 Å². The van der Waals surface area contributed by atoms with Crippen molar-refractivity contribution in [1.29, 1.82) is 0 Å². The van der Waals surface area contributed by atoms with Crippen molar-refractivity contribution in [1.82, 2.24) is 19.2 Å². The molecule has 0 saturated carbocycles. The summed E-state index contributed by atoms with van der Waals surface area (Å²) in [6, 6.07) is 4.35. The number of nitrogens with zero attached hydrogens (tertiary/aromatic N) is 3. The molecule has 3 rings (SSSR count). The van der Waals surface area contributed by atoms with E-state index >= 15 is 0 Å². The SMILES string of the molecule is CCN1CCN(S(=O)(=O)c2cc(Cl)ccc2Cl)C[C@H]1c1ncc[nH]1. The van der Waals surface area contributed by atoms with Gasteiger partial charge in [0.2, 0.25) is 10.0 Å². The quantitative estimate of drug-likeness (QED) is 0.873. The molecule has 1 N–H and O–H groups in total. The number of aromatic amines is 1. The Morgan fingerprint density at radius 2 is 2.12 bits per heavy atom. The van der Waals surface area contributed by atoms with Gasteiger partial charge in [0, 0.05) is 37.1 Å². The van der Waals surface area contributed by atoms with Crippen molar-refractivity contribution in [2.24, 2.45) is 0 Å². The number of benzene rings is 1. The molecule has 0 unspecified atom stereocenters. The van der Waals surface area contributed by atoms with Gasteiger partial charge in [-0.3, -0.25) is 4.90 Å². The molecule has 1 aliphatic heterocycles. The van der Waals surface area contributed by atoms with Crippen LogP contribution in [-0.4, -0.2) is 53.8 Å². The van der Waals surface area contributed by atoms with Gasteiger partial charge in [-0.15, -0.1) is 0 Å². The van der Waals surface area contributed by atoms with E-state index in [1.54, 1.807) is 18.5 Å². The van der Waals surface area contributed by atoms with Gasteiger partial charge in [0.05, 0.1) is 11.1 Å². The van der Waals surface area contributed by atoms with Gasteiger partial charge in [0.25, 0.3) is 0 Å². The zero-order valence-corrected chi connectivity index (χ0v) is 15.4. The summed E-state index contributed by atoms with van der Waals surface area (Å²) in [7, 11) is -3.72. The van der Waals surface area contributed by atoms with E-state index in [0.29, 0.717) is 24.7 Å². The van der Waals surface area contributed by atoms with Crippen molar-refractivity contribution in [3.8, 4) is 0 Å². The number of piperazine rings is 1. The predicted molar refractivity (Wildman–Crippen MR) is 93.8 cm³/mol. The van der Waals surface area contributed by atoms with Crippen LogP contribution in [0.15, 0.2) is 35.5 Å². The highest BCUT2D eigenvalue weighted by Crippen LogP contribution is 2.31. The Balaban J connectivity index is 1.93. The maximum atomic E-state index is 13.0. The summed E-state index contributed by atoms with van der Waals surface area (Å²) < 4.78 is 27.5. The van der Waals surface area contributed by atoms with Crippen LogP contribution in [-0.2, 0) is 10.0 Å². The molecule has 1 aliphatic rings. The minimum absolute atomic E-state index is 0.0415. The molecular formula is C15H18Cl2N4O2S. The van der Waals surface area contributed by atoms with Gasteiger partial charge in [0.15, 0.2) is 0 Å². The van der Waals surface area contributed by atoms with Crippen LogP contribution < -0.4 is 0 Å². The molecule has 130 valence electrons. The van der Waals surface area contributed by atoms with Crippen molar-refractivity contribution in [3.05, 3.63) is 46.5 Å². The third-order valence-corrected chi connectivity index (χ3v) is 6.79. The fourth-order valence-electron chi connectivity index (χ4n) is 2.93. The molecule has 6 nitrogen and oxygen atoms in total. The van der Waals surface area contributed by atoms with Crippen LogP contribution in [0.1, 0.15) is 18.8 Å². The predicted octanol–water partition coefficient (Wildman–Crippen LogP) is 2.78. The number of aromatic nitrogens is 2. The Morgan fingerprint density at radius 1 is 1.33 bits per heavy atom. The Morgan fingerprint density at radius 3 is 2.79 bits per heavy atom. The largest absolute Gasteiger partial charge is 0.347 e. The summed E-state index contributed by atoms with van der Waals surface area (Å²) in [6.45, 7) is 4.20. The first-order valence-electron chi connectivity index (χ1n) is 7.62. The molecule has 0 radical (unpaired) electrons. The third kappa shape index (κ3) is 3.32. The van der Waals surface area contributed by atoms with E-state index in [-0.39, 0.29) is 16.0 Å². The molecule has 2 heterocycles. The lowest BCUT2D eigenvalue weighted by molar-refractivity contribution is 0.119. The normalized spacial score (nSPS) is 20.4. The first-order chi connectivity index (χ1) is 11.4. The molecule has 0 bridgehead atoms. The monoisotopic (exact) mass is 388 g/mol. The average Bonchev–Trinajstić information content (AvgIpc) is 3.10. The molecule has 1 aromatic heterocycles. The second-order valence-corrected chi connectivity index (χ2v) is 8.31. The molecule has 9 heteroatoms. The molecule has 1 saturated heterocycles. The van der Waals surface area contributed by atoms with Gasteiger partial charge >= 0.3 is 0 Å². The van der Waals surface area contributed by atoms with Crippen LogP contribution in [0.4, 0.5) is 0 Å². The molecule has 1 fully saturated rings. The number of nitrogens with one attached hydrogen (secondary N) is 1. The molecule has 0 amide bonds. The van der Waals surface area contributed by atoms with Gasteiger partial charge in [-0.05, 0) is 24.7 Å². The number of hydrogen-bond acceptors (Lipinski definition) is 4. The minimum atomic E-state index is -3.72. The van der Waals surface area contributed by atoms with Gasteiger partial charge in [-0.1, -0.05) is 30.1 Å². The molecular weight excluding hydrogens is 371 g/mol. The van der Waals surface area contributed by atoms with Crippen molar-refractivity contribution < 1.29 is 8.42 Å². The summed E-state index contributed by atoms with van der Waals surface area (Å²) in [5, 5.41) is 0.514. The maximum Gasteiger partial charge on any atom is 0.244 e. The van der Waals surface area contributed by atoms with E-state index in [1.165, 1.54) is 16.4 Å². The number of imidazole rings is 1. The fraction of sp³-hybridized carbons (Fsp3) is 0.400. The summed E-state index contributed by atoms with van der Waals surface area (Å²) in [5.74, 6) is 0.758. The van der Waals surface area contributed by atoms with E-state index < -0.39 is 10.0 Å². The average molecular weight is 389 g/mol. The Kier molecular flexibility index (Phi) is 5.17. The number of halogens is 2. The van der Waals surface area contributed by atoms with E-state index in [1.807, 2.05) is 6.92 Å². The topological polar surface area (TPSA) is 69.3 Å². The van der Waals surface area contributed by atoms with Crippen molar-refractivity contribution in [3.63, 3.8) is 0 Å². The second-order valence-electron chi connectivity index (χ2n) is 5.56. The first kappa shape index (κ1) is 17.7. The van der Waals surface area contributed by atoms with E-state index in [2.05, 4.69) is 14.9 Å². The van der Waals surface area contributed by atoms with Crippen molar-refractivity contribution in [2.75, 3.05) is 26.2 Å². The molecule has 2 aromatic rings. The highest BCUT2D eigenvalue weighted by molar-refractivity contribution is 7.89. The lowest BCUT2D eigenvalue weighted by atomic mass is 10.2. The maximum absolute atomic E-state index is 13.0. The molecule has 0 spiro atoms. The highest BCUT2D eigenvalue weighted by Gasteiger charge is 2.36. The first-order valence-corrected chi connectivity index (χ1v) is 9.81. The standard InChI is InChI=1S/C15H18Cl2N4O2S/c1-2-20-7-8-21(10-13(20)15-18-5-6-19-15)24(22,23)14-9-11(16)3-4-12(14)17/h3-6,9,13H,2,7-8,10H2,1H3,(H,18,19)/t13-/m0/s1. The number of hydrogen-bond donors (Lipinski definition) is 1. The van der Waals surface area contributed by atoms with Crippen LogP contribution in [0.25, 0.3) is 0 Å². The van der Waals surface area contributed by atoms with Crippen LogP contribution >= 0.6 is 23.2 Å². The zero-order chi connectivity index (χ0) is 17.3. The minimum Gasteiger partial charge on any atom is -0.347 e. The summed E-state index contributed by atoms with van der Waals surface area (Å²) in [4.78, 5) is 9.62. The zero-order valence-electron chi connectivity index (χ0n) is 13.1. The number of likely N-dealkylation sites (N-methyl/N-ethyl adjacent to an activating group) is 1. The summed E-state index contributed by atoms with van der Waals surface area (Å²) in [6.07, 6.45) is 3.41. The van der Waals surface area contributed by atoms with Crippen molar-refractivity contribution in [2.45, 2.75) is 17.9 Å². The third-order valence-electron chi connectivity index (χ3n) is 4.21. The highest BCUT2D eigenvalue weighted by atomic mass is 35.5. The van der Waals surface area contributed by atoms with Gasteiger partial charge in [-0.25, -0.2) is 13.4 Å².